The Morgan fingerprint density at radius 1 is 1.70 bits per heavy atom. The van der Waals surface area contributed by atoms with Crippen molar-refractivity contribution in [1.82, 2.24) is 5.32 Å². The minimum absolute atomic E-state index is 0.0359. The van der Waals surface area contributed by atoms with E-state index >= 15 is 0 Å². The quantitative estimate of drug-likeness (QED) is 0.514. The fourth-order valence-corrected chi connectivity index (χ4v) is 1.95. The summed E-state index contributed by atoms with van der Waals surface area (Å²) >= 11 is 0. The predicted molar refractivity (Wildman–Crippen MR) is 37.2 cm³/mol. The van der Waals surface area contributed by atoms with E-state index in [1.165, 1.54) is 0 Å². The van der Waals surface area contributed by atoms with Crippen LogP contribution >= 0.6 is 0 Å². The summed E-state index contributed by atoms with van der Waals surface area (Å²) in [7, 11) is 0. The van der Waals surface area contributed by atoms with E-state index in [0.29, 0.717) is 6.04 Å². The van der Waals surface area contributed by atoms with Crippen molar-refractivity contribution in [2.24, 2.45) is 17.6 Å². The molecule has 0 radical (unpaired) electrons. The van der Waals surface area contributed by atoms with Crippen molar-refractivity contribution in [2.75, 3.05) is 0 Å². The highest BCUT2D eigenvalue weighted by Gasteiger charge is 2.54. The number of carbonyl (C=O) groups excluding carboxylic acids is 1. The molecule has 0 spiro atoms. The second kappa shape index (κ2) is 1.72. The topological polar surface area (TPSA) is 55.1 Å². The molecule has 1 aliphatic heterocycles. The van der Waals surface area contributed by atoms with Crippen molar-refractivity contribution in [1.29, 1.82) is 0 Å². The number of piperidine rings is 1. The van der Waals surface area contributed by atoms with Crippen LogP contribution in [0.25, 0.3) is 0 Å². The Bertz CT molecular complexity index is 168. The molecule has 4 atom stereocenters. The van der Waals surface area contributed by atoms with Gasteiger partial charge in [-0.3, -0.25) is 4.79 Å². The van der Waals surface area contributed by atoms with E-state index < -0.39 is 0 Å². The first-order valence-electron chi connectivity index (χ1n) is 3.75. The lowest BCUT2D eigenvalue weighted by molar-refractivity contribution is -0.119. The molecule has 0 aromatic heterocycles. The summed E-state index contributed by atoms with van der Waals surface area (Å²) in [5.41, 5.74) is 5.12. The van der Waals surface area contributed by atoms with Crippen LogP contribution in [0.2, 0.25) is 0 Å². The average Bonchev–Trinajstić information content (AvgIpc) is 2.38. The molecule has 0 bridgehead atoms. The van der Waals surface area contributed by atoms with E-state index in [9.17, 15) is 4.79 Å². The molecule has 1 saturated heterocycles. The highest BCUT2D eigenvalue weighted by Crippen LogP contribution is 2.46. The van der Waals surface area contributed by atoms with E-state index in [4.69, 9.17) is 5.73 Å². The second-order valence-electron chi connectivity index (χ2n) is 3.41. The summed E-state index contributed by atoms with van der Waals surface area (Å²) in [5, 5.41) is 3.20. The van der Waals surface area contributed by atoms with Gasteiger partial charge in [-0.1, -0.05) is 6.92 Å². The number of fused-ring (bicyclic) bond motifs is 1. The molecule has 0 aromatic rings. The lowest BCUT2D eigenvalue weighted by Gasteiger charge is -2.08. The Morgan fingerprint density at radius 2 is 2.40 bits per heavy atom. The molecule has 2 aliphatic rings. The van der Waals surface area contributed by atoms with E-state index in [2.05, 4.69) is 12.2 Å². The molecule has 1 heterocycles. The number of hydrogen-bond donors (Lipinski definition) is 2. The summed E-state index contributed by atoms with van der Waals surface area (Å²) in [6.45, 7) is 2.21. The van der Waals surface area contributed by atoms with Crippen molar-refractivity contribution in [3.05, 3.63) is 0 Å². The van der Waals surface area contributed by atoms with E-state index in [1.807, 2.05) is 0 Å². The second-order valence-corrected chi connectivity index (χ2v) is 3.41. The van der Waals surface area contributed by atoms with Crippen LogP contribution in [0.1, 0.15) is 13.3 Å². The van der Waals surface area contributed by atoms with Crippen molar-refractivity contribution in [2.45, 2.75) is 25.4 Å². The predicted octanol–water partition coefficient (Wildman–Crippen LogP) is -0.532. The van der Waals surface area contributed by atoms with E-state index in [1.54, 1.807) is 0 Å². The molecule has 3 heteroatoms. The first-order chi connectivity index (χ1) is 4.70. The van der Waals surface area contributed by atoms with Crippen LogP contribution < -0.4 is 11.1 Å². The van der Waals surface area contributed by atoms with Gasteiger partial charge in [0.25, 0.3) is 0 Å². The Balaban J connectivity index is 1.95. The van der Waals surface area contributed by atoms with E-state index in [-0.39, 0.29) is 11.9 Å². The Hall–Kier alpha value is -0.570. The maximum Gasteiger partial charge on any atom is 0.234 e. The van der Waals surface area contributed by atoms with Crippen molar-refractivity contribution >= 4 is 5.91 Å². The van der Waals surface area contributed by atoms with Crippen LogP contribution in [-0.4, -0.2) is 18.0 Å². The third-order valence-corrected chi connectivity index (χ3v) is 2.81. The van der Waals surface area contributed by atoms with Gasteiger partial charge in [0, 0.05) is 6.04 Å². The summed E-state index contributed by atoms with van der Waals surface area (Å²) in [6, 6.07) is 0.559. The molecular formula is C7H12N2O. The van der Waals surface area contributed by atoms with Gasteiger partial charge in [-0.05, 0) is 18.3 Å². The monoisotopic (exact) mass is 140 g/mol. The number of primary amides is 1. The third kappa shape index (κ3) is 0.669. The largest absolute Gasteiger partial charge is 0.368 e. The number of nitrogens with two attached hydrogens (primary N) is 1. The number of carbonyl (C=O) groups is 1. The van der Waals surface area contributed by atoms with Crippen LogP contribution in [0, 0.1) is 11.8 Å². The maximum absolute atomic E-state index is 10.6. The molecule has 1 saturated carbocycles. The normalized spacial score (nSPS) is 50.5. The van der Waals surface area contributed by atoms with Gasteiger partial charge in [0.2, 0.25) is 5.91 Å². The summed E-state index contributed by atoms with van der Waals surface area (Å²) in [6.07, 6.45) is 0.959. The average molecular weight is 140 g/mol. The van der Waals surface area contributed by atoms with Gasteiger partial charge in [-0.2, -0.15) is 0 Å². The Morgan fingerprint density at radius 3 is 2.80 bits per heavy atom. The molecule has 1 amide bonds. The van der Waals surface area contributed by atoms with Crippen LogP contribution in [0.3, 0.4) is 0 Å². The highest BCUT2D eigenvalue weighted by molar-refractivity contribution is 5.80. The molecule has 2 fully saturated rings. The minimum Gasteiger partial charge on any atom is -0.368 e. The lowest BCUT2D eigenvalue weighted by Crippen LogP contribution is -2.39. The molecule has 3 N–H and O–H groups in total. The number of rotatable bonds is 1. The maximum atomic E-state index is 10.6. The summed E-state index contributed by atoms with van der Waals surface area (Å²) < 4.78 is 0. The van der Waals surface area contributed by atoms with Gasteiger partial charge in [-0.25, -0.2) is 0 Å². The minimum atomic E-state index is -0.195. The van der Waals surface area contributed by atoms with Gasteiger partial charge in [-0.15, -0.1) is 0 Å². The zero-order valence-corrected chi connectivity index (χ0v) is 6.00. The number of nitrogens with one attached hydrogen (secondary N) is 1. The van der Waals surface area contributed by atoms with Gasteiger partial charge >= 0.3 is 0 Å². The molecule has 1 aliphatic carbocycles. The smallest absolute Gasteiger partial charge is 0.234 e. The molecular weight excluding hydrogens is 128 g/mol. The summed E-state index contributed by atoms with van der Waals surface area (Å²) in [4.78, 5) is 10.6. The van der Waals surface area contributed by atoms with Gasteiger partial charge < -0.3 is 11.1 Å². The van der Waals surface area contributed by atoms with Crippen LogP contribution in [0.15, 0.2) is 0 Å². The van der Waals surface area contributed by atoms with Crippen LogP contribution in [0.5, 0.6) is 0 Å². The molecule has 0 aromatic carbocycles. The molecule has 3 unspecified atom stereocenters. The highest BCUT2D eigenvalue weighted by atomic mass is 16.1. The fourth-order valence-electron chi connectivity index (χ4n) is 1.95. The molecule has 10 heavy (non-hydrogen) atoms. The lowest BCUT2D eigenvalue weighted by atomic mass is 10.1. The van der Waals surface area contributed by atoms with Gasteiger partial charge in [0.05, 0.1) is 6.04 Å². The standard InChI is InChI=1S/C7H12N2O/c1-3-4-2-5(7(8)10)9-6(3)4/h3-6,9H,2H2,1H3,(H2,8,10)/t3-,4?,5?,6?/m0/s1. The van der Waals surface area contributed by atoms with Gasteiger partial charge in [0.15, 0.2) is 0 Å². The molecule has 3 nitrogen and oxygen atoms in total. The zero-order chi connectivity index (χ0) is 7.30. The first kappa shape index (κ1) is 6.16. The Labute approximate surface area is 60.0 Å². The van der Waals surface area contributed by atoms with Crippen LogP contribution in [-0.2, 0) is 4.79 Å². The number of hydrogen-bond acceptors (Lipinski definition) is 2. The Kier molecular flexibility index (Phi) is 1.06. The third-order valence-electron chi connectivity index (χ3n) is 2.81. The van der Waals surface area contributed by atoms with Crippen molar-refractivity contribution in [3.8, 4) is 0 Å². The molecule has 56 valence electrons. The van der Waals surface area contributed by atoms with Gasteiger partial charge in [0.1, 0.15) is 0 Å². The fraction of sp³-hybridized carbons (Fsp3) is 0.857. The SMILES string of the molecule is C[C@H]1C2CC(C(N)=O)NC21. The van der Waals surface area contributed by atoms with E-state index in [0.717, 1.165) is 18.3 Å². The molecule has 2 rings (SSSR count). The number of amides is 1. The van der Waals surface area contributed by atoms with Crippen LogP contribution in [0.4, 0.5) is 0 Å². The zero-order valence-electron chi connectivity index (χ0n) is 6.00. The van der Waals surface area contributed by atoms with Crippen molar-refractivity contribution < 1.29 is 4.79 Å². The van der Waals surface area contributed by atoms with Crippen molar-refractivity contribution in [3.63, 3.8) is 0 Å². The first-order valence-corrected chi connectivity index (χ1v) is 3.75. The summed E-state index contributed by atoms with van der Waals surface area (Å²) in [5.74, 6) is 1.31.